The Morgan fingerprint density at radius 1 is 1.04 bits per heavy atom. The number of rotatable bonds is 5. The molecule has 6 heteroatoms. The van der Waals surface area contributed by atoms with Crippen molar-refractivity contribution >= 4 is 9.84 Å². The minimum absolute atomic E-state index is 0.0187. The van der Waals surface area contributed by atoms with Gasteiger partial charge in [0.2, 0.25) is 0 Å². The molecule has 1 heterocycles. The van der Waals surface area contributed by atoms with Crippen molar-refractivity contribution in [3.63, 3.8) is 0 Å². The Labute approximate surface area is 141 Å². The predicted octanol–water partition coefficient (Wildman–Crippen LogP) is 2.65. The van der Waals surface area contributed by atoms with E-state index in [-0.39, 0.29) is 11.4 Å². The molecule has 0 bridgehead atoms. The molecule has 24 heavy (non-hydrogen) atoms. The number of aromatic nitrogens is 2. The quantitative estimate of drug-likeness (QED) is 0.774. The molecule has 1 aromatic heterocycles. The molecule has 0 aliphatic carbocycles. The first kappa shape index (κ1) is 16.4. The summed E-state index contributed by atoms with van der Waals surface area (Å²) in [6, 6.07) is 19.6. The van der Waals surface area contributed by atoms with Gasteiger partial charge in [-0.1, -0.05) is 36.4 Å². The van der Waals surface area contributed by atoms with Gasteiger partial charge in [-0.25, -0.2) is 13.1 Å². The van der Waals surface area contributed by atoms with Crippen molar-refractivity contribution in [2.75, 3.05) is 6.54 Å². The third-order valence-electron chi connectivity index (χ3n) is 3.85. The van der Waals surface area contributed by atoms with Gasteiger partial charge in [0.05, 0.1) is 22.0 Å². The lowest BCUT2D eigenvalue weighted by Crippen LogP contribution is -2.24. The number of aryl methyl sites for hydroxylation is 1. The van der Waals surface area contributed by atoms with Crippen molar-refractivity contribution in [1.82, 2.24) is 9.78 Å². The Hall–Kier alpha value is -2.44. The molecule has 1 atom stereocenters. The summed E-state index contributed by atoms with van der Waals surface area (Å²) in [7, 11) is -3.61. The number of benzene rings is 2. The smallest absolute Gasteiger partial charge is 0.188 e. The molecule has 0 aliphatic rings. The molecule has 0 saturated heterocycles. The molecule has 0 saturated carbocycles. The lowest BCUT2D eigenvalue weighted by atomic mass is 10.2. The number of nitrogens with two attached hydrogens (primary N) is 1. The average molecular weight is 341 g/mol. The van der Waals surface area contributed by atoms with E-state index in [9.17, 15) is 8.42 Å². The first-order valence-electron chi connectivity index (χ1n) is 7.65. The van der Waals surface area contributed by atoms with Crippen LogP contribution in [0.15, 0.2) is 71.6 Å². The first-order chi connectivity index (χ1) is 11.5. The van der Waals surface area contributed by atoms with Gasteiger partial charge in [0.1, 0.15) is 5.25 Å². The third kappa shape index (κ3) is 2.98. The van der Waals surface area contributed by atoms with Crippen LogP contribution in [0.4, 0.5) is 0 Å². The van der Waals surface area contributed by atoms with Crippen LogP contribution in [0.25, 0.3) is 5.69 Å². The number of sulfone groups is 1. The molecule has 2 N–H and O–H groups in total. The third-order valence-corrected chi connectivity index (χ3v) is 5.96. The Kier molecular flexibility index (Phi) is 4.51. The highest BCUT2D eigenvalue weighted by Crippen LogP contribution is 2.30. The van der Waals surface area contributed by atoms with Crippen molar-refractivity contribution in [2.45, 2.75) is 17.1 Å². The van der Waals surface area contributed by atoms with Crippen molar-refractivity contribution in [1.29, 1.82) is 0 Å². The lowest BCUT2D eigenvalue weighted by molar-refractivity contribution is 0.578. The molecule has 5 nitrogen and oxygen atoms in total. The highest BCUT2D eigenvalue weighted by atomic mass is 32.2. The molecule has 1 unspecified atom stereocenters. The van der Waals surface area contributed by atoms with Crippen LogP contribution in [0.3, 0.4) is 0 Å². The van der Waals surface area contributed by atoms with Crippen molar-refractivity contribution in [2.24, 2.45) is 5.73 Å². The molecule has 3 aromatic rings. The van der Waals surface area contributed by atoms with Crippen LogP contribution in [0.5, 0.6) is 0 Å². The van der Waals surface area contributed by atoms with Gasteiger partial charge in [-0.2, -0.15) is 5.10 Å². The largest absolute Gasteiger partial charge is 0.329 e. The number of nitrogens with zero attached hydrogens (tertiary/aromatic N) is 2. The molecule has 124 valence electrons. The van der Waals surface area contributed by atoms with Crippen LogP contribution in [0.2, 0.25) is 0 Å². The summed E-state index contributed by atoms with van der Waals surface area (Å²) < 4.78 is 27.7. The molecule has 3 rings (SSSR count). The van der Waals surface area contributed by atoms with E-state index in [0.717, 1.165) is 11.4 Å². The summed E-state index contributed by atoms with van der Waals surface area (Å²) in [5.41, 5.74) is 7.99. The van der Waals surface area contributed by atoms with Gasteiger partial charge >= 0.3 is 0 Å². The Morgan fingerprint density at radius 2 is 1.62 bits per heavy atom. The van der Waals surface area contributed by atoms with Gasteiger partial charge in [0.15, 0.2) is 9.84 Å². The Balaban J connectivity index is 2.14. The second-order valence-corrected chi connectivity index (χ2v) is 7.67. The van der Waals surface area contributed by atoms with Gasteiger partial charge in [-0.05, 0) is 37.3 Å². The van der Waals surface area contributed by atoms with Crippen molar-refractivity contribution in [3.8, 4) is 5.69 Å². The fourth-order valence-corrected chi connectivity index (χ4v) is 4.31. The molecule has 2 aromatic carbocycles. The minimum atomic E-state index is -3.61. The summed E-state index contributed by atoms with van der Waals surface area (Å²) in [4.78, 5) is 0.263. The minimum Gasteiger partial charge on any atom is -0.329 e. The summed E-state index contributed by atoms with van der Waals surface area (Å²) in [6.07, 6.45) is 0. The van der Waals surface area contributed by atoms with Gasteiger partial charge in [0, 0.05) is 6.54 Å². The normalized spacial score (nSPS) is 12.9. The van der Waals surface area contributed by atoms with Crippen LogP contribution < -0.4 is 5.73 Å². The van der Waals surface area contributed by atoms with Gasteiger partial charge in [-0.3, -0.25) is 0 Å². The maximum absolute atomic E-state index is 13.0. The topological polar surface area (TPSA) is 78.0 Å². The molecular weight excluding hydrogens is 322 g/mol. The number of hydrogen-bond donors (Lipinski definition) is 1. The van der Waals surface area contributed by atoms with E-state index in [1.807, 2.05) is 37.3 Å². The van der Waals surface area contributed by atoms with Crippen LogP contribution in [0.1, 0.15) is 16.6 Å². The van der Waals surface area contributed by atoms with Gasteiger partial charge < -0.3 is 5.73 Å². The van der Waals surface area contributed by atoms with Crippen molar-refractivity contribution < 1.29 is 8.42 Å². The molecule has 0 aliphatic heterocycles. The monoisotopic (exact) mass is 341 g/mol. The molecule has 0 amide bonds. The summed E-state index contributed by atoms with van der Waals surface area (Å²) >= 11 is 0. The molecule has 0 radical (unpaired) electrons. The highest BCUT2D eigenvalue weighted by Gasteiger charge is 2.31. The van der Waals surface area contributed by atoms with E-state index >= 15 is 0 Å². The number of para-hydroxylation sites is 1. The maximum atomic E-state index is 13.0. The highest BCUT2D eigenvalue weighted by molar-refractivity contribution is 7.91. The second-order valence-electron chi connectivity index (χ2n) is 5.54. The standard InChI is InChI=1S/C18H19N3O2S/c1-14-12-17(21(20-14)15-8-4-2-5-9-15)18(13-19)24(22,23)16-10-6-3-7-11-16/h2-12,18H,13,19H2,1H3. The van der Waals surface area contributed by atoms with Crippen molar-refractivity contribution in [3.05, 3.63) is 78.1 Å². The van der Waals surface area contributed by atoms with Crippen LogP contribution >= 0.6 is 0 Å². The van der Waals surface area contributed by atoms with Crippen LogP contribution in [-0.2, 0) is 9.84 Å². The van der Waals surface area contributed by atoms with Crippen LogP contribution in [0, 0.1) is 6.92 Å². The van der Waals surface area contributed by atoms with E-state index in [1.54, 1.807) is 41.1 Å². The van der Waals surface area contributed by atoms with Gasteiger partial charge in [0.25, 0.3) is 0 Å². The second kappa shape index (κ2) is 6.59. The summed E-state index contributed by atoms with van der Waals surface area (Å²) in [5, 5.41) is 3.59. The average Bonchev–Trinajstić information content (AvgIpc) is 2.98. The maximum Gasteiger partial charge on any atom is 0.188 e. The summed E-state index contributed by atoms with van der Waals surface area (Å²) in [6.45, 7) is 1.82. The van der Waals surface area contributed by atoms with Crippen LogP contribution in [-0.4, -0.2) is 24.7 Å². The van der Waals surface area contributed by atoms with E-state index < -0.39 is 15.1 Å². The fourth-order valence-electron chi connectivity index (χ4n) is 2.71. The fraction of sp³-hybridized carbons (Fsp3) is 0.167. The SMILES string of the molecule is Cc1cc(C(CN)S(=O)(=O)c2ccccc2)n(-c2ccccc2)n1. The van der Waals surface area contributed by atoms with Gasteiger partial charge in [-0.15, -0.1) is 0 Å². The lowest BCUT2D eigenvalue weighted by Gasteiger charge is -2.17. The zero-order valence-corrected chi connectivity index (χ0v) is 14.1. The van der Waals surface area contributed by atoms with E-state index in [0.29, 0.717) is 5.69 Å². The zero-order valence-electron chi connectivity index (χ0n) is 13.3. The molecular formula is C18H19N3O2S. The predicted molar refractivity (Wildman–Crippen MR) is 93.7 cm³/mol. The van der Waals surface area contributed by atoms with E-state index in [4.69, 9.17) is 5.73 Å². The zero-order chi connectivity index (χ0) is 17.2. The molecule has 0 fully saturated rings. The first-order valence-corrected chi connectivity index (χ1v) is 9.19. The Bertz CT molecular complexity index is 919. The van der Waals surface area contributed by atoms with E-state index in [1.165, 1.54) is 0 Å². The Morgan fingerprint density at radius 3 is 2.21 bits per heavy atom. The summed E-state index contributed by atoms with van der Waals surface area (Å²) in [5.74, 6) is 0. The molecule has 0 spiro atoms. The van der Waals surface area contributed by atoms with E-state index in [2.05, 4.69) is 5.10 Å². The number of hydrogen-bond acceptors (Lipinski definition) is 4.